The molecule has 0 aliphatic carbocycles. The summed E-state index contributed by atoms with van der Waals surface area (Å²) in [5, 5.41) is 16.8. The van der Waals surface area contributed by atoms with Gasteiger partial charge in [-0.15, -0.1) is 10.2 Å². The lowest BCUT2D eigenvalue weighted by atomic mass is 10.1. The Balaban J connectivity index is 2.09. The zero-order valence-electron chi connectivity index (χ0n) is 13.5. The lowest BCUT2D eigenvalue weighted by molar-refractivity contribution is -0.132. The van der Waals surface area contributed by atoms with Crippen LogP contribution in [0.2, 0.25) is 0 Å². The molecule has 0 fully saturated rings. The third-order valence-corrected chi connectivity index (χ3v) is 3.55. The van der Waals surface area contributed by atoms with Crippen molar-refractivity contribution in [2.24, 2.45) is 0 Å². The van der Waals surface area contributed by atoms with E-state index in [1.54, 1.807) is 0 Å². The van der Waals surface area contributed by atoms with E-state index in [1.165, 1.54) is 41.8 Å². The van der Waals surface area contributed by atoms with Gasteiger partial charge in [0, 0.05) is 24.6 Å². The fourth-order valence-corrected chi connectivity index (χ4v) is 2.50. The number of hydrogen-bond donors (Lipinski definition) is 1. The van der Waals surface area contributed by atoms with Crippen LogP contribution < -0.4 is 10.2 Å². The highest BCUT2D eigenvalue weighted by Gasteiger charge is 2.17. The van der Waals surface area contributed by atoms with Crippen molar-refractivity contribution in [1.29, 1.82) is 0 Å². The molecule has 0 unspecified atom stereocenters. The number of hydrogen-bond acceptors (Lipinski definition) is 6. The van der Waals surface area contributed by atoms with Crippen molar-refractivity contribution in [3.8, 4) is 5.88 Å². The number of para-hydroxylation sites is 1. The molecule has 0 saturated heterocycles. The Labute approximate surface area is 145 Å². The molecule has 132 valence electrons. The quantitative estimate of drug-likeness (QED) is 0.706. The summed E-state index contributed by atoms with van der Waals surface area (Å²) in [6.45, 7) is 1.18. The zero-order valence-corrected chi connectivity index (χ0v) is 13.5. The number of halogens is 1. The van der Waals surface area contributed by atoms with E-state index >= 15 is 0 Å². The summed E-state index contributed by atoms with van der Waals surface area (Å²) in [4.78, 5) is 34.4. The molecule has 0 spiro atoms. The van der Waals surface area contributed by atoms with E-state index < -0.39 is 28.7 Å². The molecule has 0 atom stereocenters. The molecule has 0 aliphatic heterocycles. The van der Waals surface area contributed by atoms with E-state index in [0.29, 0.717) is 5.69 Å². The molecule has 1 N–H and O–H groups in total. The largest absolute Gasteiger partial charge is 0.477 e. The molecule has 9 heteroatoms. The molecule has 0 amide bonds. The number of aromatic nitrogens is 3. The van der Waals surface area contributed by atoms with Gasteiger partial charge < -0.3 is 14.4 Å². The van der Waals surface area contributed by atoms with Gasteiger partial charge in [-0.3, -0.25) is 9.59 Å². The number of carboxylic acid groups (broad SMARTS) is 1. The van der Waals surface area contributed by atoms with Gasteiger partial charge in [-0.1, -0.05) is 6.07 Å². The number of pyridine rings is 1. The summed E-state index contributed by atoms with van der Waals surface area (Å²) in [6, 6.07) is 6.77. The maximum Gasteiger partial charge on any atom is 0.341 e. The Morgan fingerprint density at radius 2 is 2.00 bits per heavy atom. The molecule has 8 nitrogen and oxygen atoms in total. The Kier molecular flexibility index (Phi) is 4.44. The fraction of sp³-hybridized carbons (Fsp3) is 0.118. The maximum atomic E-state index is 14.3. The van der Waals surface area contributed by atoms with Gasteiger partial charge in [0.2, 0.25) is 11.3 Å². The molecule has 3 aromatic rings. The van der Waals surface area contributed by atoms with Crippen molar-refractivity contribution in [1.82, 2.24) is 14.8 Å². The number of carbonyl (C=O) groups excluding carboxylic acids is 1. The van der Waals surface area contributed by atoms with Crippen LogP contribution in [-0.4, -0.2) is 31.8 Å². The molecule has 0 aliphatic rings. The number of carbonyl (C=O) groups is 2. The van der Waals surface area contributed by atoms with Gasteiger partial charge in [0.25, 0.3) is 0 Å². The van der Waals surface area contributed by atoms with Crippen molar-refractivity contribution in [3.05, 3.63) is 63.8 Å². The second-order valence-electron chi connectivity index (χ2n) is 5.40. The van der Waals surface area contributed by atoms with E-state index in [9.17, 15) is 23.9 Å². The molecule has 2 heterocycles. The summed E-state index contributed by atoms with van der Waals surface area (Å²) in [7, 11) is 0. The number of rotatable bonds is 4. The molecule has 3 rings (SSSR count). The minimum absolute atomic E-state index is 0.00317. The van der Waals surface area contributed by atoms with Crippen LogP contribution in [0.15, 0.2) is 41.3 Å². The highest BCUT2D eigenvalue weighted by atomic mass is 19.1. The highest BCUT2D eigenvalue weighted by molar-refractivity contribution is 5.92. The first kappa shape index (κ1) is 17.2. The third kappa shape index (κ3) is 3.27. The summed E-state index contributed by atoms with van der Waals surface area (Å²) < 4.78 is 20.3. The van der Waals surface area contributed by atoms with Gasteiger partial charge in [0.1, 0.15) is 11.4 Å². The van der Waals surface area contributed by atoms with Gasteiger partial charge in [0.05, 0.1) is 17.8 Å². The first-order valence-electron chi connectivity index (χ1n) is 7.43. The smallest absolute Gasteiger partial charge is 0.341 e. The minimum Gasteiger partial charge on any atom is -0.477 e. The van der Waals surface area contributed by atoms with Gasteiger partial charge in [-0.2, -0.15) is 0 Å². The predicted molar refractivity (Wildman–Crippen MR) is 87.6 cm³/mol. The van der Waals surface area contributed by atoms with Crippen LogP contribution in [0.4, 0.5) is 4.39 Å². The molecule has 0 saturated carbocycles. The molecule has 2 aromatic heterocycles. The monoisotopic (exact) mass is 357 g/mol. The van der Waals surface area contributed by atoms with Crippen molar-refractivity contribution in [2.75, 3.05) is 0 Å². The average Bonchev–Trinajstić information content (AvgIpc) is 2.58. The normalized spacial score (nSPS) is 10.7. The van der Waals surface area contributed by atoms with Crippen molar-refractivity contribution in [3.63, 3.8) is 0 Å². The van der Waals surface area contributed by atoms with E-state index in [1.807, 2.05) is 0 Å². The maximum absolute atomic E-state index is 14.3. The van der Waals surface area contributed by atoms with Crippen molar-refractivity contribution < 1.29 is 23.8 Å². The Hall–Kier alpha value is -3.62. The third-order valence-electron chi connectivity index (χ3n) is 3.55. The Bertz CT molecular complexity index is 1080. The zero-order chi connectivity index (χ0) is 18.8. The second-order valence-corrected chi connectivity index (χ2v) is 5.40. The lowest BCUT2D eigenvalue weighted by Crippen LogP contribution is -2.20. The summed E-state index contributed by atoms with van der Waals surface area (Å²) in [5.74, 6) is -2.62. The Morgan fingerprint density at radius 1 is 1.23 bits per heavy atom. The molecule has 1 aromatic carbocycles. The fourth-order valence-electron chi connectivity index (χ4n) is 2.50. The number of fused-ring (bicyclic) bond motifs is 1. The number of carboxylic acids is 1. The highest BCUT2D eigenvalue weighted by Crippen LogP contribution is 2.17. The van der Waals surface area contributed by atoms with Crippen molar-refractivity contribution >= 4 is 22.8 Å². The molecular formula is C17H12FN3O5. The summed E-state index contributed by atoms with van der Waals surface area (Å²) >= 11 is 0. The van der Waals surface area contributed by atoms with Crippen LogP contribution in [0.1, 0.15) is 23.0 Å². The first-order valence-corrected chi connectivity index (χ1v) is 7.43. The van der Waals surface area contributed by atoms with Crippen LogP contribution in [0.25, 0.3) is 10.9 Å². The number of aromatic carboxylic acids is 1. The lowest BCUT2D eigenvalue weighted by Gasteiger charge is -2.12. The Morgan fingerprint density at radius 3 is 2.62 bits per heavy atom. The minimum atomic E-state index is -1.41. The second kappa shape index (κ2) is 6.71. The van der Waals surface area contributed by atoms with E-state index in [0.717, 1.165) is 6.20 Å². The molecule has 26 heavy (non-hydrogen) atoms. The van der Waals surface area contributed by atoms with Crippen LogP contribution in [0.3, 0.4) is 0 Å². The van der Waals surface area contributed by atoms with Gasteiger partial charge in [0.15, 0.2) is 0 Å². The van der Waals surface area contributed by atoms with E-state index in [-0.39, 0.29) is 23.3 Å². The number of ether oxygens (including phenoxy) is 1. The van der Waals surface area contributed by atoms with Crippen LogP contribution in [0, 0.1) is 5.82 Å². The molecule has 0 radical (unpaired) electrons. The number of benzene rings is 1. The average molecular weight is 357 g/mol. The number of esters is 1. The molecule has 0 bridgehead atoms. The van der Waals surface area contributed by atoms with Crippen LogP contribution in [-0.2, 0) is 11.3 Å². The predicted octanol–water partition coefficient (Wildman–Crippen LogP) is 1.60. The molecular weight excluding hydrogens is 345 g/mol. The topological polar surface area (TPSA) is 111 Å². The summed E-state index contributed by atoms with van der Waals surface area (Å²) in [6.07, 6.45) is 1.07. The summed E-state index contributed by atoms with van der Waals surface area (Å²) in [5.41, 5.74) is -0.925. The van der Waals surface area contributed by atoms with Crippen molar-refractivity contribution in [2.45, 2.75) is 13.5 Å². The van der Waals surface area contributed by atoms with Crippen LogP contribution in [0.5, 0.6) is 5.88 Å². The van der Waals surface area contributed by atoms with Crippen LogP contribution >= 0.6 is 0 Å². The van der Waals surface area contributed by atoms with Gasteiger partial charge in [-0.05, 0) is 18.2 Å². The van der Waals surface area contributed by atoms with E-state index in [2.05, 4.69) is 10.2 Å². The van der Waals surface area contributed by atoms with E-state index in [4.69, 9.17) is 4.74 Å². The first-order chi connectivity index (χ1) is 12.4. The van der Waals surface area contributed by atoms with Gasteiger partial charge in [-0.25, -0.2) is 9.18 Å². The SMILES string of the molecule is CC(=O)Oc1ccc(Cn2cc(C(=O)O)c(=O)c3cccc(F)c32)nn1. The standard InChI is InChI=1S/C17H12FN3O5/c1-9(22)26-14-6-5-10(19-20-14)7-21-8-12(17(24)25)16(23)11-3-2-4-13(18)15(11)21/h2-6,8H,7H2,1H3,(H,24,25). The van der Waals surface area contributed by atoms with Gasteiger partial charge >= 0.3 is 11.9 Å². The number of nitrogens with zero attached hydrogens (tertiary/aromatic N) is 3.